The van der Waals surface area contributed by atoms with E-state index in [4.69, 9.17) is 9.57 Å². The van der Waals surface area contributed by atoms with Crippen LogP contribution < -0.4 is 0 Å². The first-order chi connectivity index (χ1) is 10.7. The van der Waals surface area contributed by atoms with Crippen LogP contribution in [0.3, 0.4) is 0 Å². The lowest BCUT2D eigenvalue weighted by Crippen LogP contribution is -2.38. The highest BCUT2D eigenvalue weighted by molar-refractivity contribution is 6.03. The third-order valence-corrected chi connectivity index (χ3v) is 3.65. The summed E-state index contributed by atoms with van der Waals surface area (Å²) >= 11 is 0. The summed E-state index contributed by atoms with van der Waals surface area (Å²) in [6.45, 7) is 4.64. The monoisotopic (exact) mass is 299 g/mol. The van der Waals surface area contributed by atoms with E-state index in [2.05, 4.69) is 22.0 Å². The number of carbonyl (C=O) groups excluding carboxylic acids is 1. The maximum atomic E-state index is 11.8. The molecular weight excluding hydrogens is 282 g/mol. The largest absolute Gasteiger partial charge is 0.450 e. The molecule has 2 aliphatic heterocycles. The molecule has 0 aromatic carbocycles. The fourth-order valence-electron chi connectivity index (χ4n) is 2.60. The van der Waals surface area contributed by atoms with Crippen molar-refractivity contribution >= 4 is 11.8 Å². The highest BCUT2D eigenvalue weighted by Crippen LogP contribution is 2.31. The molecule has 0 aliphatic carbocycles. The summed E-state index contributed by atoms with van der Waals surface area (Å²) < 4.78 is 5.02. The van der Waals surface area contributed by atoms with Crippen LogP contribution in [0.2, 0.25) is 0 Å². The molecule has 2 unspecified atom stereocenters. The van der Waals surface area contributed by atoms with E-state index in [1.807, 2.05) is 25.1 Å². The second-order valence-electron chi connectivity index (χ2n) is 5.17. The smallest absolute Gasteiger partial charge is 0.412 e. The number of aromatic nitrogens is 1. The van der Waals surface area contributed by atoms with E-state index in [0.29, 0.717) is 24.6 Å². The third kappa shape index (κ3) is 2.75. The number of hydrogen-bond donors (Lipinski definition) is 0. The molecule has 0 saturated carbocycles. The molecule has 3 heterocycles. The summed E-state index contributed by atoms with van der Waals surface area (Å²) in [7, 11) is 0. The zero-order valence-electron chi connectivity index (χ0n) is 12.6. The van der Waals surface area contributed by atoms with Gasteiger partial charge < -0.3 is 9.57 Å². The first kappa shape index (κ1) is 14.4. The van der Waals surface area contributed by atoms with Crippen molar-refractivity contribution in [2.45, 2.75) is 26.5 Å². The van der Waals surface area contributed by atoms with E-state index in [0.717, 1.165) is 12.1 Å². The van der Waals surface area contributed by atoms with Crippen LogP contribution in [0.4, 0.5) is 4.79 Å². The molecule has 22 heavy (non-hydrogen) atoms. The van der Waals surface area contributed by atoms with Crippen molar-refractivity contribution < 1.29 is 14.4 Å². The van der Waals surface area contributed by atoms with Crippen molar-refractivity contribution in [3.05, 3.63) is 29.6 Å². The molecule has 1 amide bonds. The SMILES string of the molecule is CCOC(=O)N1CCC2C(C#Cc3cccc(C)n3)=NOC21. The molecular formula is C16H17N3O3. The first-order valence-corrected chi connectivity index (χ1v) is 7.32. The van der Waals surface area contributed by atoms with Crippen molar-refractivity contribution in [2.24, 2.45) is 11.1 Å². The van der Waals surface area contributed by atoms with Crippen LogP contribution in [0.5, 0.6) is 0 Å². The van der Waals surface area contributed by atoms with Gasteiger partial charge in [-0.1, -0.05) is 11.2 Å². The van der Waals surface area contributed by atoms with Gasteiger partial charge in [0.25, 0.3) is 0 Å². The number of pyridine rings is 1. The summed E-state index contributed by atoms with van der Waals surface area (Å²) in [5.74, 6) is 6.04. The average molecular weight is 299 g/mol. The van der Waals surface area contributed by atoms with Crippen molar-refractivity contribution in [1.82, 2.24) is 9.88 Å². The van der Waals surface area contributed by atoms with E-state index < -0.39 is 6.23 Å². The third-order valence-electron chi connectivity index (χ3n) is 3.65. The fourth-order valence-corrected chi connectivity index (χ4v) is 2.60. The molecule has 1 aromatic heterocycles. The molecule has 1 saturated heterocycles. The van der Waals surface area contributed by atoms with Gasteiger partial charge in [0, 0.05) is 12.2 Å². The lowest BCUT2D eigenvalue weighted by molar-refractivity contribution is -0.0241. The van der Waals surface area contributed by atoms with Crippen molar-refractivity contribution in [1.29, 1.82) is 0 Å². The van der Waals surface area contributed by atoms with Crippen LogP contribution in [-0.2, 0) is 9.57 Å². The minimum absolute atomic E-state index is 0.0155. The van der Waals surface area contributed by atoms with E-state index >= 15 is 0 Å². The van der Waals surface area contributed by atoms with Crippen LogP contribution >= 0.6 is 0 Å². The lowest BCUT2D eigenvalue weighted by Gasteiger charge is -2.20. The Balaban J connectivity index is 1.71. The summed E-state index contributed by atoms with van der Waals surface area (Å²) in [5.41, 5.74) is 2.29. The highest BCUT2D eigenvalue weighted by atomic mass is 16.7. The maximum absolute atomic E-state index is 11.8. The predicted molar refractivity (Wildman–Crippen MR) is 80.0 cm³/mol. The number of hydrogen-bond acceptors (Lipinski definition) is 5. The van der Waals surface area contributed by atoms with Crippen molar-refractivity contribution in [3.63, 3.8) is 0 Å². The Bertz CT molecular complexity index is 675. The fraction of sp³-hybridized carbons (Fsp3) is 0.438. The van der Waals surface area contributed by atoms with Gasteiger partial charge in [-0.2, -0.15) is 0 Å². The molecule has 1 aromatic rings. The van der Waals surface area contributed by atoms with Crippen LogP contribution in [0.25, 0.3) is 0 Å². The zero-order valence-corrected chi connectivity index (χ0v) is 12.6. The molecule has 0 radical (unpaired) electrons. The molecule has 6 nitrogen and oxygen atoms in total. The van der Waals surface area contributed by atoms with Gasteiger partial charge in [0.2, 0.25) is 6.23 Å². The second-order valence-corrected chi connectivity index (χ2v) is 5.17. The van der Waals surface area contributed by atoms with E-state index in [1.165, 1.54) is 0 Å². The summed E-state index contributed by atoms with van der Waals surface area (Å²) in [6.07, 6.45) is 0.0201. The number of ether oxygens (including phenoxy) is 1. The van der Waals surface area contributed by atoms with Crippen LogP contribution in [0.1, 0.15) is 24.7 Å². The zero-order chi connectivity index (χ0) is 15.5. The molecule has 0 spiro atoms. The normalized spacial score (nSPS) is 22.3. The molecule has 6 heteroatoms. The van der Waals surface area contributed by atoms with Gasteiger partial charge >= 0.3 is 6.09 Å². The molecule has 2 aliphatic rings. The number of carbonyl (C=O) groups is 1. The molecule has 1 fully saturated rings. The Morgan fingerprint density at radius 1 is 1.50 bits per heavy atom. The Morgan fingerprint density at radius 2 is 2.36 bits per heavy atom. The van der Waals surface area contributed by atoms with Crippen LogP contribution in [0.15, 0.2) is 23.4 Å². The standard InChI is InChI=1S/C16H17N3O3/c1-3-21-16(20)19-10-9-13-14(18-22-15(13)19)8-7-12-6-4-5-11(2)17-12/h4-6,13,15H,3,9-10H2,1-2H3. The number of fused-ring (bicyclic) bond motifs is 1. The number of aryl methyl sites for hydroxylation is 1. The number of rotatable bonds is 1. The second kappa shape index (κ2) is 6.06. The van der Waals surface area contributed by atoms with Crippen LogP contribution in [0, 0.1) is 24.7 Å². The Kier molecular flexibility index (Phi) is 3.96. The Labute approximate surface area is 129 Å². The Morgan fingerprint density at radius 3 is 3.14 bits per heavy atom. The minimum atomic E-state index is -0.395. The number of amides is 1. The molecule has 114 valence electrons. The van der Waals surface area contributed by atoms with Crippen molar-refractivity contribution in [2.75, 3.05) is 13.2 Å². The number of oxime groups is 1. The topological polar surface area (TPSA) is 64.0 Å². The summed E-state index contributed by atoms with van der Waals surface area (Å²) in [5, 5.41) is 4.02. The van der Waals surface area contributed by atoms with Gasteiger partial charge in [-0.25, -0.2) is 9.78 Å². The maximum Gasteiger partial charge on any atom is 0.412 e. The predicted octanol–water partition coefficient (Wildman–Crippen LogP) is 1.93. The lowest BCUT2D eigenvalue weighted by atomic mass is 10.0. The van der Waals surface area contributed by atoms with E-state index in [1.54, 1.807) is 11.8 Å². The van der Waals surface area contributed by atoms with Gasteiger partial charge in [-0.05, 0) is 44.2 Å². The number of likely N-dealkylation sites (tertiary alicyclic amines) is 1. The van der Waals surface area contributed by atoms with E-state index in [9.17, 15) is 4.79 Å². The molecule has 2 atom stereocenters. The van der Waals surface area contributed by atoms with Gasteiger partial charge in [0.1, 0.15) is 11.4 Å². The van der Waals surface area contributed by atoms with E-state index in [-0.39, 0.29) is 12.0 Å². The average Bonchev–Trinajstić information content (AvgIpc) is 3.07. The molecule has 3 rings (SSSR count). The Hall–Kier alpha value is -2.55. The molecule has 0 N–H and O–H groups in total. The summed E-state index contributed by atoms with van der Waals surface area (Å²) in [6, 6.07) is 5.69. The number of nitrogens with zero attached hydrogens (tertiary/aromatic N) is 3. The minimum Gasteiger partial charge on any atom is -0.450 e. The van der Waals surface area contributed by atoms with Gasteiger partial charge in [0.15, 0.2) is 0 Å². The van der Waals surface area contributed by atoms with Gasteiger partial charge in [0.05, 0.1) is 12.5 Å². The highest BCUT2D eigenvalue weighted by Gasteiger charge is 2.45. The quantitative estimate of drug-likeness (QED) is 0.743. The molecule has 0 bridgehead atoms. The van der Waals surface area contributed by atoms with Gasteiger partial charge in [-0.3, -0.25) is 4.90 Å². The summed E-state index contributed by atoms with van der Waals surface area (Å²) in [4.78, 5) is 23.1. The van der Waals surface area contributed by atoms with Crippen LogP contribution in [-0.4, -0.2) is 41.1 Å². The first-order valence-electron chi connectivity index (χ1n) is 7.32. The van der Waals surface area contributed by atoms with Gasteiger partial charge in [-0.15, -0.1) is 0 Å². The van der Waals surface area contributed by atoms with Crippen molar-refractivity contribution in [3.8, 4) is 11.8 Å².